The quantitative estimate of drug-likeness (QED) is 0.915. The number of nitrogens with zero attached hydrogens (tertiary/aromatic N) is 2. The van der Waals surface area contributed by atoms with Crippen LogP contribution in [0.15, 0.2) is 30.3 Å². The Morgan fingerprint density at radius 3 is 2.60 bits per heavy atom. The SMILES string of the molecule is CN(C)c1cccc(-c2cc(C3CN4CCC3CC4)c(C(N)=O)s2)c1. The topological polar surface area (TPSA) is 49.6 Å². The van der Waals surface area contributed by atoms with Crippen molar-refractivity contribution in [2.24, 2.45) is 11.7 Å². The Balaban J connectivity index is 1.74. The van der Waals surface area contributed by atoms with Crippen LogP contribution in [-0.2, 0) is 0 Å². The highest BCUT2D eigenvalue weighted by Crippen LogP contribution is 2.44. The molecule has 4 heterocycles. The number of primary amides is 1. The van der Waals surface area contributed by atoms with E-state index in [1.807, 2.05) is 14.1 Å². The Bertz CT molecular complexity index is 790. The second kappa shape index (κ2) is 6.46. The number of carbonyl (C=O) groups is 1. The summed E-state index contributed by atoms with van der Waals surface area (Å²) in [5.74, 6) is 0.858. The van der Waals surface area contributed by atoms with Crippen molar-refractivity contribution in [1.29, 1.82) is 0 Å². The zero-order valence-electron chi connectivity index (χ0n) is 14.9. The Hall–Kier alpha value is -1.85. The van der Waals surface area contributed by atoms with Crippen LogP contribution >= 0.6 is 11.3 Å². The van der Waals surface area contributed by atoms with Crippen LogP contribution in [0.1, 0.15) is 34.0 Å². The van der Waals surface area contributed by atoms with Crippen LogP contribution in [0, 0.1) is 5.92 Å². The molecule has 0 radical (unpaired) electrons. The molecule has 1 aromatic heterocycles. The maximum absolute atomic E-state index is 12.1. The van der Waals surface area contributed by atoms with Crippen LogP contribution in [0.2, 0.25) is 0 Å². The number of piperidine rings is 3. The molecule has 5 rings (SSSR count). The standard InChI is InChI=1S/C20H25N3OS/c1-22(2)15-5-3-4-14(10-15)18-11-16(19(25-18)20(21)24)17-12-23-8-6-13(17)7-9-23/h3-5,10-11,13,17H,6-9,12H2,1-2H3,(H2,21,24). The predicted octanol–water partition coefficient (Wildman–Crippen LogP) is 3.39. The molecule has 1 amide bonds. The van der Waals surface area contributed by atoms with Gasteiger partial charge in [-0.2, -0.15) is 0 Å². The summed E-state index contributed by atoms with van der Waals surface area (Å²) in [6.07, 6.45) is 2.48. The van der Waals surface area contributed by atoms with E-state index < -0.39 is 0 Å². The average molecular weight is 356 g/mol. The summed E-state index contributed by atoms with van der Waals surface area (Å²) in [6, 6.07) is 10.7. The summed E-state index contributed by atoms with van der Waals surface area (Å²) in [7, 11) is 4.09. The molecule has 3 saturated heterocycles. The van der Waals surface area contributed by atoms with E-state index in [2.05, 4.69) is 40.1 Å². The van der Waals surface area contributed by atoms with Gasteiger partial charge in [-0.25, -0.2) is 0 Å². The molecular weight excluding hydrogens is 330 g/mol. The van der Waals surface area contributed by atoms with E-state index in [0.717, 1.165) is 27.5 Å². The number of hydrogen-bond donors (Lipinski definition) is 1. The first-order chi connectivity index (χ1) is 12.0. The molecule has 3 aliphatic rings. The van der Waals surface area contributed by atoms with Gasteiger partial charge < -0.3 is 15.5 Å². The molecule has 1 aromatic carbocycles. The first-order valence-corrected chi connectivity index (χ1v) is 9.78. The van der Waals surface area contributed by atoms with Crippen LogP contribution < -0.4 is 10.6 Å². The van der Waals surface area contributed by atoms with Gasteiger partial charge >= 0.3 is 0 Å². The van der Waals surface area contributed by atoms with E-state index in [1.54, 1.807) is 11.3 Å². The van der Waals surface area contributed by atoms with Crippen molar-refractivity contribution in [1.82, 2.24) is 4.90 Å². The van der Waals surface area contributed by atoms with Crippen molar-refractivity contribution in [3.63, 3.8) is 0 Å². The minimum Gasteiger partial charge on any atom is -0.378 e. The molecule has 2 aromatic rings. The van der Waals surface area contributed by atoms with Gasteiger partial charge in [0.2, 0.25) is 0 Å². The molecule has 2 N–H and O–H groups in total. The van der Waals surface area contributed by atoms with Gasteiger partial charge in [0, 0.05) is 37.1 Å². The fourth-order valence-corrected chi connectivity index (χ4v) is 5.35. The first-order valence-electron chi connectivity index (χ1n) is 8.96. The largest absolute Gasteiger partial charge is 0.378 e. The van der Waals surface area contributed by atoms with Gasteiger partial charge in [0.1, 0.15) is 0 Å². The molecular formula is C20H25N3OS. The molecule has 0 spiro atoms. The summed E-state index contributed by atoms with van der Waals surface area (Å²) < 4.78 is 0. The zero-order valence-corrected chi connectivity index (χ0v) is 15.7. The maximum Gasteiger partial charge on any atom is 0.259 e. The lowest BCUT2D eigenvalue weighted by molar-refractivity contribution is 0.0859. The minimum absolute atomic E-state index is 0.286. The average Bonchev–Trinajstić information content (AvgIpc) is 3.08. The highest BCUT2D eigenvalue weighted by atomic mass is 32.1. The normalized spacial score (nSPS) is 25.1. The lowest BCUT2D eigenvalue weighted by atomic mass is 9.75. The van der Waals surface area contributed by atoms with Crippen LogP contribution in [0.5, 0.6) is 0 Å². The second-order valence-electron chi connectivity index (χ2n) is 7.45. The van der Waals surface area contributed by atoms with E-state index in [4.69, 9.17) is 5.73 Å². The second-order valence-corrected chi connectivity index (χ2v) is 8.50. The van der Waals surface area contributed by atoms with Crippen LogP contribution in [0.3, 0.4) is 0 Å². The first kappa shape index (κ1) is 16.6. The Morgan fingerprint density at radius 1 is 1.24 bits per heavy atom. The number of carbonyl (C=O) groups excluding carboxylic acids is 1. The lowest BCUT2D eigenvalue weighted by Gasteiger charge is -2.45. The lowest BCUT2D eigenvalue weighted by Crippen LogP contribution is -2.46. The number of rotatable bonds is 4. The van der Waals surface area contributed by atoms with E-state index in [9.17, 15) is 4.79 Å². The van der Waals surface area contributed by atoms with Gasteiger partial charge in [-0.3, -0.25) is 4.79 Å². The predicted molar refractivity (Wildman–Crippen MR) is 105 cm³/mol. The fraction of sp³-hybridized carbons (Fsp3) is 0.450. The number of benzene rings is 1. The highest BCUT2D eigenvalue weighted by molar-refractivity contribution is 7.17. The van der Waals surface area contributed by atoms with E-state index in [0.29, 0.717) is 11.8 Å². The third-order valence-corrected chi connectivity index (χ3v) is 6.90. The molecule has 0 aliphatic carbocycles. The monoisotopic (exact) mass is 355 g/mol. The molecule has 0 saturated carbocycles. The number of amides is 1. The molecule has 3 aliphatic heterocycles. The minimum atomic E-state index is -0.286. The molecule has 25 heavy (non-hydrogen) atoms. The molecule has 1 unspecified atom stereocenters. The highest BCUT2D eigenvalue weighted by Gasteiger charge is 2.37. The number of anilines is 1. The van der Waals surface area contributed by atoms with Crippen LogP contribution in [-0.4, -0.2) is 44.5 Å². The van der Waals surface area contributed by atoms with E-state index in [-0.39, 0.29) is 5.91 Å². The fourth-order valence-electron chi connectivity index (χ4n) is 4.27. The molecule has 2 bridgehead atoms. The van der Waals surface area contributed by atoms with Crippen molar-refractivity contribution in [3.8, 4) is 10.4 Å². The van der Waals surface area contributed by atoms with Crippen LogP contribution in [0.25, 0.3) is 10.4 Å². The van der Waals surface area contributed by atoms with Crippen molar-refractivity contribution in [2.45, 2.75) is 18.8 Å². The van der Waals surface area contributed by atoms with E-state index >= 15 is 0 Å². The Morgan fingerprint density at radius 2 is 2.00 bits per heavy atom. The summed E-state index contributed by atoms with van der Waals surface area (Å²) >= 11 is 1.55. The summed E-state index contributed by atoms with van der Waals surface area (Å²) in [6.45, 7) is 3.47. The Labute approximate surface area is 153 Å². The summed E-state index contributed by atoms with van der Waals surface area (Å²) in [5.41, 5.74) is 9.24. The summed E-state index contributed by atoms with van der Waals surface area (Å²) in [4.78, 5) is 18.6. The van der Waals surface area contributed by atoms with Gasteiger partial charge in [-0.1, -0.05) is 12.1 Å². The maximum atomic E-state index is 12.1. The third-order valence-electron chi connectivity index (χ3n) is 5.69. The number of thiophene rings is 1. The zero-order chi connectivity index (χ0) is 17.6. The van der Waals surface area contributed by atoms with Crippen molar-refractivity contribution >= 4 is 22.9 Å². The Kier molecular flexibility index (Phi) is 4.29. The number of nitrogens with two attached hydrogens (primary N) is 1. The number of hydrogen-bond acceptors (Lipinski definition) is 4. The molecule has 3 fully saturated rings. The smallest absolute Gasteiger partial charge is 0.259 e. The van der Waals surface area contributed by atoms with Crippen molar-refractivity contribution < 1.29 is 4.79 Å². The molecule has 1 atom stereocenters. The molecule has 4 nitrogen and oxygen atoms in total. The third kappa shape index (κ3) is 3.07. The van der Waals surface area contributed by atoms with Gasteiger partial charge in [0.15, 0.2) is 0 Å². The number of fused-ring (bicyclic) bond motifs is 3. The van der Waals surface area contributed by atoms with Crippen molar-refractivity contribution in [3.05, 3.63) is 40.8 Å². The van der Waals surface area contributed by atoms with E-state index in [1.165, 1.54) is 31.5 Å². The van der Waals surface area contributed by atoms with Gasteiger partial charge in [0.25, 0.3) is 5.91 Å². The molecule has 132 valence electrons. The van der Waals surface area contributed by atoms with Crippen molar-refractivity contribution in [2.75, 3.05) is 38.6 Å². The summed E-state index contributed by atoms with van der Waals surface area (Å²) in [5, 5.41) is 0. The van der Waals surface area contributed by atoms with Gasteiger partial charge in [-0.15, -0.1) is 11.3 Å². The van der Waals surface area contributed by atoms with Gasteiger partial charge in [0.05, 0.1) is 4.88 Å². The van der Waals surface area contributed by atoms with Crippen LogP contribution in [0.4, 0.5) is 5.69 Å². The molecule has 5 heteroatoms. The van der Waals surface area contributed by atoms with Gasteiger partial charge in [-0.05, 0) is 61.2 Å².